The highest BCUT2D eigenvalue weighted by molar-refractivity contribution is 7.99. The second-order valence-electron chi connectivity index (χ2n) is 7.73. The quantitative estimate of drug-likeness (QED) is 0.402. The highest BCUT2D eigenvalue weighted by Gasteiger charge is 2.30. The minimum atomic E-state index is -0.604. The van der Waals surface area contributed by atoms with Crippen molar-refractivity contribution in [2.75, 3.05) is 12.3 Å². The number of nitrogens with one attached hydrogen (secondary N) is 1. The van der Waals surface area contributed by atoms with Gasteiger partial charge in [0.2, 0.25) is 11.8 Å². The number of thioether (sulfide) groups is 1. The molecule has 0 aliphatic rings. The summed E-state index contributed by atoms with van der Waals surface area (Å²) in [5, 5.41) is 3.56. The van der Waals surface area contributed by atoms with E-state index in [1.165, 1.54) is 5.56 Å². The number of carbonyl (C=O) groups is 2. The maximum atomic E-state index is 13.4. The molecule has 0 radical (unpaired) electrons. The predicted octanol–water partition coefficient (Wildman–Crippen LogP) is 5.35. The average molecular weight is 481 g/mol. The monoisotopic (exact) mass is 480 g/mol. The molecule has 0 fully saturated rings. The Bertz CT molecular complexity index is 1010. The number of benzene rings is 3. The van der Waals surface area contributed by atoms with E-state index in [1.807, 2.05) is 79.7 Å². The van der Waals surface area contributed by atoms with Crippen LogP contribution in [0.25, 0.3) is 0 Å². The van der Waals surface area contributed by atoms with Gasteiger partial charge in [-0.2, -0.15) is 0 Å². The Hall–Kier alpha value is -2.76. The average Bonchev–Trinajstić information content (AvgIpc) is 2.84. The van der Waals surface area contributed by atoms with E-state index in [0.717, 1.165) is 16.9 Å². The van der Waals surface area contributed by atoms with Gasteiger partial charge in [0.15, 0.2) is 0 Å². The lowest BCUT2D eigenvalue weighted by atomic mass is 10.0. The predicted molar refractivity (Wildman–Crippen MR) is 137 cm³/mol. The summed E-state index contributed by atoms with van der Waals surface area (Å²) in [6, 6.07) is 26.7. The molecule has 3 aromatic carbocycles. The molecule has 33 heavy (non-hydrogen) atoms. The molecular weight excluding hydrogens is 452 g/mol. The number of halogens is 1. The fourth-order valence-corrected chi connectivity index (χ4v) is 4.54. The van der Waals surface area contributed by atoms with Crippen molar-refractivity contribution in [1.82, 2.24) is 10.2 Å². The van der Waals surface area contributed by atoms with Crippen LogP contribution in [0.15, 0.2) is 84.9 Å². The molecule has 0 heterocycles. The number of hydrogen-bond donors (Lipinski definition) is 1. The number of rotatable bonds is 11. The van der Waals surface area contributed by atoms with Crippen LogP contribution in [0.3, 0.4) is 0 Å². The molecule has 3 aromatic rings. The van der Waals surface area contributed by atoms with Crippen LogP contribution < -0.4 is 5.32 Å². The van der Waals surface area contributed by atoms with Gasteiger partial charge in [0, 0.05) is 30.3 Å². The van der Waals surface area contributed by atoms with Gasteiger partial charge in [-0.25, -0.2) is 0 Å². The van der Waals surface area contributed by atoms with Gasteiger partial charge in [0.25, 0.3) is 0 Å². The van der Waals surface area contributed by atoms with E-state index >= 15 is 0 Å². The maximum Gasteiger partial charge on any atom is 0.243 e. The van der Waals surface area contributed by atoms with E-state index in [9.17, 15) is 9.59 Å². The number of carbonyl (C=O) groups excluding carboxylic acids is 2. The Labute approximate surface area is 205 Å². The SMILES string of the molecule is CCNC(=O)[C@@H](Cc1ccccc1)N(Cc1ccc(Cl)cc1)C(=O)CSCc1ccccc1. The standard InChI is InChI=1S/C27H29ClN2O2S/c1-2-29-27(32)25(17-21-9-5-3-6-10-21)30(18-22-13-15-24(28)16-14-22)26(31)20-33-19-23-11-7-4-8-12-23/h3-16,25H,2,17-20H2,1H3,(H,29,32)/t25-/m1/s1. The van der Waals surface area contributed by atoms with Crippen molar-refractivity contribution in [3.8, 4) is 0 Å². The normalized spacial score (nSPS) is 11.6. The van der Waals surface area contributed by atoms with E-state index in [2.05, 4.69) is 17.4 Å². The summed E-state index contributed by atoms with van der Waals surface area (Å²) in [5.41, 5.74) is 3.12. The molecule has 2 amide bonds. The summed E-state index contributed by atoms with van der Waals surface area (Å²) >= 11 is 7.61. The van der Waals surface area contributed by atoms with Crippen molar-refractivity contribution in [2.24, 2.45) is 0 Å². The lowest BCUT2D eigenvalue weighted by Crippen LogP contribution is -2.51. The topological polar surface area (TPSA) is 49.4 Å². The van der Waals surface area contributed by atoms with Crippen molar-refractivity contribution < 1.29 is 9.59 Å². The lowest BCUT2D eigenvalue weighted by Gasteiger charge is -2.31. The Balaban J connectivity index is 1.81. The highest BCUT2D eigenvalue weighted by Crippen LogP contribution is 2.19. The molecule has 0 unspecified atom stereocenters. The molecule has 0 spiro atoms. The fourth-order valence-electron chi connectivity index (χ4n) is 3.55. The van der Waals surface area contributed by atoms with Crippen LogP contribution in [-0.2, 0) is 28.3 Å². The molecule has 1 N–H and O–H groups in total. The Kier molecular flexibility index (Phi) is 9.85. The summed E-state index contributed by atoms with van der Waals surface area (Å²) in [7, 11) is 0. The smallest absolute Gasteiger partial charge is 0.243 e. The second-order valence-corrected chi connectivity index (χ2v) is 9.15. The molecule has 3 rings (SSSR count). The van der Waals surface area contributed by atoms with E-state index in [-0.39, 0.29) is 11.8 Å². The van der Waals surface area contributed by atoms with Crippen LogP contribution in [0.1, 0.15) is 23.6 Å². The molecule has 4 nitrogen and oxygen atoms in total. The van der Waals surface area contributed by atoms with E-state index in [0.29, 0.717) is 30.3 Å². The molecule has 0 saturated heterocycles. The van der Waals surface area contributed by atoms with Crippen molar-refractivity contribution in [1.29, 1.82) is 0 Å². The van der Waals surface area contributed by atoms with Crippen molar-refractivity contribution in [2.45, 2.75) is 31.7 Å². The number of hydrogen-bond acceptors (Lipinski definition) is 3. The number of amides is 2. The summed E-state index contributed by atoms with van der Waals surface area (Å²) in [6.45, 7) is 2.74. The molecule has 0 bridgehead atoms. The van der Waals surface area contributed by atoms with Crippen LogP contribution >= 0.6 is 23.4 Å². The third-order valence-corrected chi connectivity index (χ3v) is 6.47. The van der Waals surface area contributed by atoms with Gasteiger partial charge in [-0.3, -0.25) is 9.59 Å². The van der Waals surface area contributed by atoms with E-state index < -0.39 is 6.04 Å². The Morgan fingerprint density at radius 1 is 0.879 bits per heavy atom. The zero-order valence-electron chi connectivity index (χ0n) is 18.7. The molecular formula is C27H29ClN2O2S. The molecule has 1 atom stereocenters. The Morgan fingerprint density at radius 3 is 2.09 bits per heavy atom. The summed E-state index contributed by atoms with van der Waals surface area (Å²) < 4.78 is 0. The molecule has 0 aromatic heterocycles. The van der Waals surface area contributed by atoms with Crippen LogP contribution in [0.2, 0.25) is 5.02 Å². The van der Waals surface area contributed by atoms with Crippen LogP contribution in [-0.4, -0.2) is 35.1 Å². The van der Waals surface area contributed by atoms with Gasteiger partial charge < -0.3 is 10.2 Å². The first-order valence-corrected chi connectivity index (χ1v) is 12.6. The van der Waals surface area contributed by atoms with Crippen LogP contribution in [0.4, 0.5) is 0 Å². The third-order valence-electron chi connectivity index (χ3n) is 5.23. The van der Waals surface area contributed by atoms with E-state index in [4.69, 9.17) is 11.6 Å². The third kappa shape index (κ3) is 7.95. The van der Waals surface area contributed by atoms with Crippen molar-refractivity contribution in [3.05, 3.63) is 107 Å². The van der Waals surface area contributed by atoms with Gasteiger partial charge in [0.1, 0.15) is 6.04 Å². The molecule has 172 valence electrons. The molecule has 0 aliphatic heterocycles. The minimum absolute atomic E-state index is 0.0573. The molecule has 0 saturated carbocycles. The van der Waals surface area contributed by atoms with Gasteiger partial charge in [-0.05, 0) is 35.7 Å². The Morgan fingerprint density at radius 2 is 1.48 bits per heavy atom. The molecule has 6 heteroatoms. The zero-order chi connectivity index (χ0) is 23.5. The lowest BCUT2D eigenvalue weighted by molar-refractivity contribution is -0.139. The van der Waals surface area contributed by atoms with Gasteiger partial charge in [-0.15, -0.1) is 11.8 Å². The van der Waals surface area contributed by atoms with Gasteiger partial charge >= 0.3 is 0 Å². The highest BCUT2D eigenvalue weighted by atomic mass is 35.5. The first kappa shape index (κ1) is 24.9. The molecule has 0 aliphatic carbocycles. The minimum Gasteiger partial charge on any atom is -0.355 e. The zero-order valence-corrected chi connectivity index (χ0v) is 20.3. The maximum absolute atomic E-state index is 13.4. The first-order valence-electron chi connectivity index (χ1n) is 11.0. The number of nitrogens with zero attached hydrogens (tertiary/aromatic N) is 1. The summed E-state index contributed by atoms with van der Waals surface area (Å²) in [5.74, 6) is 0.841. The van der Waals surface area contributed by atoms with Gasteiger partial charge in [-0.1, -0.05) is 84.4 Å². The van der Waals surface area contributed by atoms with Crippen LogP contribution in [0.5, 0.6) is 0 Å². The van der Waals surface area contributed by atoms with Crippen molar-refractivity contribution in [3.63, 3.8) is 0 Å². The van der Waals surface area contributed by atoms with Gasteiger partial charge in [0.05, 0.1) is 5.75 Å². The second kappa shape index (κ2) is 13.1. The van der Waals surface area contributed by atoms with E-state index in [1.54, 1.807) is 16.7 Å². The largest absolute Gasteiger partial charge is 0.355 e. The summed E-state index contributed by atoms with van der Waals surface area (Å²) in [4.78, 5) is 28.3. The van der Waals surface area contributed by atoms with Crippen molar-refractivity contribution >= 4 is 35.2 Å². The van der Waals surface area contributed by atoms with Crippen LogP contribution in [0, 0.1) is 0 Å². The number of likely N-dealkylation sites (N-methyl/N-ethyl adjacent to an activating group) is 1. The fraction of sp³-hybridized carbons (Fsp3) is 0.259. The summed E-state index contributed by atoms with van der Waals surface area (Å²) in [6.07, 6.45) is 0.454. The first-order chi connectivity index (χ1) is 16.1.